The molecule has 0 bridgehead atoms. The topological polar surface area (TPSA) is 150 Å². The third-order valence-corrected chi connectivity index (χ3v) is 5.60. The summed E-state index contributed by atoms with van der Waals surface area (Å²) in [6.45, 7) is 1.87. The Labute approximate surface area is 190 Å². The Morgan fingerprint density at radius 2 is 2.22 bits per heavy atom. The highest BCUT2D eigenvalue weighted by atomic mass is 35.5. The normalized spacial score (nSPS) is 17.9. The van der Waals surface area contributed by atoms with Crippen molar-refractivity contribution in [2.75, 3.05) is 11.6 Å². The second-order valence-electron chi connectivity index (χ2n) is 7.61. The van der Waals surface area contributed by atoms with E-state index >= 15 is 0 Å². The molecule has 2 heterocycles. The molecule has 3 rings (SSSR count). The summed E-state index contributed by atoms with van der Waals surface area (Å²) in [5.41, 5.74) is -0.415. The summed E-state index contributed by atoms with van der Waals surface area (Å²) >= 11 is 6.10. The molecule has 2 amide bonds. The molecule has 0 radical (unpaired) electrons. The maximum Gasteiger partial charge on any atom is 0.261 e. The molecule has 0 spiro atoms. The molecular weight excluding hydrogens is 434 g/mol. The SMILES string of the molecule is CC(O)(C(=O)N1CCCC1C(=O)NCc1cc(Cl)ccc1N(N)/C=N\N)c1ccccn1. The second kappa shape index (κ2) is 9.94. The molecule has 1 aliphatic rings. The predicted molar refractivity (Wildman–Crippen MR) is 121 cm³/mol. The van der Waals surface area contributed by atoms with Crippen molar-refractivity contribution < 1.29 is 14.7 Å². The maximum absolute atomic E-state index is 13.1. The first-order chi connectivity index (χ1) is 15.3. The molecule has 0 aliphatic carbocycles. The standard InChI is InChI=1S/C21H26ClN7O3/c1-21(32,18-6-2-3-9-25-18)20(31)28-10-4-5-17(28)19(30)26-12-14-11-15(22)7-8-16(14)29(24)13-27-23/h2-3,6-9,11,13,17,32H,4-5,10,12,23-24H2,1H3,(H,26,30)/b27-13-. The number of nitrogens with zero attached hydrogens (tertiary/aromatic N) is 4. The Balaban J connectivity index is 1.73. The summed E-state index contributed by atoms with van der Waals surface area (Å²) in [6, 6.07) is 9.27. The summed E-state index contributed by atoms with van der Waals surface area (Å²) in [5.74, 6) is 10.2. The van der Waals surface area contributed by atoms with Crippen LogP contribution in [0.3, 0.4) is 0 Å². The molecule has 1 aliphatic heterocycles. The minimum Gasteiger partial charge on any atom is -0.374 e. The Morgan fingerprint density at radius 1 is 1.44 bits per heavy atom. The number of amides is 2. The molecule has 2 aromatic rings. The van der Waals surface area contributed by atoms with Gasteiger partial charge in [0.05, 0.1) is 11.4 Å². The third-order valence-electron chi connectivity index (χ3n) is 5.36. The van der Waals surface area contributed by atoms with Crippen molar-refractivity contribution in [1.82, 2.24) is 15.2 Å². The van der Waals surface area contributed by atoms with Crippen molar-refractivity contribution in [2.24, 2.45) is 16.8 Å². The monoisotopic (exact) mass is 459 g/mol. The minimum atomic E-state index is -1.84. The highest BCUT2D eigenvalue weighted by Gasteiger charge is 2.43. The van der Waals surface area contributed by atoms with Gasteiger partial charge in [0.1, 0.15) is 12.4 Å². The fourth-order valence-electron chi connectivity index (χ4n) is 3.70. The van der Waals surface area contributed by atoms with Gasteiger partial charge in [0, 0.05) is 24.3 Å². The zero-order valence-corrected chi connectivity index (χ0v) is 18.4. The van der Waals surface area contributed by atoms with E-state index in [1.165, 1.54) is 29.4 Å². The molecular formula is C21H26ClN7O3. The van der Waals surface area contributed by atoms with Crippen LogP contribution in [0.2, 0.25) is 5.02 Å². The Morgan fingerprint density at radius 3 is 2.91 bits per heavy atom. The van der Waals surface area contributed by atoms with Crippen LogP contribution >= 0.6 is 11.6 Å². The number of carbonyl (C=O) groups is 2. The molecule has 6 N–H and O–H groups in total. The van der Waals surface area contributed by atoms with Gasteiger partial charge in [0.25, 0.3) is 5.91 Å². The van der Waals surface area contributed by atoms with E-state index in [1.54, 1.807) is 36.4 Å². The largest absolute Gasteiger partial charge is 0.374 e. The van der Waals surface area contributed by atoms with Crippen LogP contribution in [0.5, 0.6) is 0 Å². The third kappa shape index (κ3) is 4.98. The fraction of sp³-hybridized carbons (Fsp3) is 0.333. The van der Waals surface area contributed by atoms with Gasteiger partial charge in [-0.25, -0.2) is 5.84 Å². The van der Waals surface area contributed by atoms with Crippen LogP contribution < -0.4 is 22.0 Å². The fourth-order valence-corrected chi connectivity index (χ4v) is 3.90. The molecule has 1 aromatic carbocycles. The molecule has 1 aromatic heterocycles. The van der Waals surface area contributed by atoms with Crippen LogP contribution in [0.1, 0.15) is 31.0 Å². The Bertz CT molecular complexity index is 1000. The van der Waals surface area contributed by atoms with Crippen molar-refractivity contribution in [3.63, 3.8) is 0 Å². The lowest BCUT2D eigenvalue weighted by atomic mass is 9.99. The average molecular weight is 460 g/mol. The first-order valence-corrected chi connectivity index (χ1v) is 10.4. The van der Waals surface area contributed by atoms with Crippen LogP contribution in [0.4, 0.5) is 5.69 Å². The van der Waals surface area contributed by atoms with E-state index < -0.39 is 17.6 Å². The highest BCUT2D eigenvalue weighted by Crippen LogP contribution is 2.27. The van der Waals surface area contributed by atoms with Crippen molar-refractivity contribution in [2.45, 2.75) is 38.0 Å². The number of hydrazine groups is 1. The van der Waals surface area contributed by atoms with E-state index in [-0.39, 0.29) is 18.1 Å². The van der Waals surface area contributed by atoms with Gasteiger partial charge in [0.2, 0.25) is 5.91 Å². The first-order valence-electron chi connectivity index (χ1n) is 10.0. The van der Waals surface area contributed by atoms with Crippen molar-refractivity contribution >= 4 is 35.4 Å². The number of aromatic nitrogens is 1. The number of hydrogen-bond acceptors (Lipinski definition) is 7. The van der Waals surface area contributed by atoms with Crippen LogP contribution in [-0.2, 0) is 21.7 Å². The van der Waals surface area contributed by atoms with E-state index in [4.69, 9.17) is 23.3 Å². The number of halogens is 1. The van der Waals surface area contributed by atoms with Crippen molar-refractivity contribution in [3.8, 4) is 0 Å². The van der Waals surface area contributed by atoms with Crippen molar-refractivity contribution in [3.05, 3.63) is 58.9 Å². The van der Waals surface area contributed by atoms with Crippen LogP contribution in [0, 0.1) is 0 Å². The number of likely N-dealkylation sites (tertiary alicyclic amines) is 1. The van der Waals surface area contributed by atoms with Gasteiger partial charge in [-0.05, 0) is 55.7 Å². The van der Waals surface area contributed by atoms with Gasteiger partial charge in [-0.3, -0.25) is 19.6 Å². The van der Waals surface area contributed by atoms with Gasteiger partial charge >= 0.3 is 0 Å². The number of anilines is 1. The number of pyridine rings is 1. The molecule has 11 heteroatoms. The summed E-state index contributed by atoms with van der Waals surface area (Å²) in [6.07, 6.45) is 3.87. The summed E-state index contributed by atoms with van der Waals surface area (Å²) in [7, 11) is 0. The minimum absolute atomic E-state index is 0.121. The molecule has 1 fully saturated rings. The smallest absolute Gasteiger partial charge is 0.261 e. The number of hydrogen-bond donors (Lipinski definition) is 4. The quantitative estimate of drug-likeness (QED) is 0.207. The maximum atomic E-state index is 13.1. The molecule has 32 heavy (non-hydrogen) atoms. The van der Waals surface area contributed by atoms with Gasteiger partial charge in [-0.15, -0.1) is 0 Å². The zero-order valence-electron chi connectivity index (χ0n) is 17.6. The molecule has 2 atom stereocenters. The number of nitrogens with one attached hydrogen (secondary N) is 1. The lowest BCUT2D eigenvalue weighted by Gasteiger charge is -2.31. The zero-order chi connectivity index (χ0) is 23.3. The van der Waals surface area contributed by atoms with E-state index in [0.717, 1.165) is 0 Å². The summed E-state index contributed by atoms with van der Waals surface area (Å²) in [5, 5.41) is 18.8. The van der Waals surface area contributed by atoms with Gasteiger partial charge < -0.3 is 21.2 Å². The number of benzene rings is 1. The Kier molecular flexibility index (Phi) is 7.29. The number of carbonyl (C=O) groups excluding carboxylic acids is 2. The lowest BCUT2D eigenvalue weighted by molar-refractivity contribution is -0.154. The van der Waals surface area contributed by atoms with Crippen LogP contribution in [0.15, 0.2) is 47.7 Å². The van der Waals surface area contributed by atoms with Crippen LogP contribution in [-0.4, -0.2) is 45.7 Å². The van der Waals surface area contributed by atoms with Gasteiger partial charge in [-0.2, -0.15) is 5.10 Å². The Hall–Kier alpha value is -3.21. The average Bonchev–Trinajstić information content (AvgIpc) is 3.27. The first kappa shape index (κ1) is 23.5. The molecule has 0 saturated carbocycles. The molecule has 1 saturated heterocycles. The van der Waals surface area contributed by atoms with Crippen molar-refractivity contribution in [1.29, 1.82) is 0 Å². The predicted octanol–water partition coefficient (Wildman–Crippen LogP) is 0.832. The second-order valence-corrected chi connectivity index (χ2v) is 8.04. The number of nitrogens with two attached hydrogens (primary N) is 2. The van der Waals surface area contributed by atoms with Gasteiger partial charge in [0.15, 0.2) is 5.60 Å². The number of aliphatic hydroxyl groups is 1. The van der Waals surface area contributed by atoms with Gasteiger partial charge in [-0.1, -0.05) is 17.7 Å². The summed E-state index contributed by atoms with van der Waals surface area (Å²) < 4.78 is 0. The lowest BCUT2D eigenvalue weighted by Crippen LogP contribution is -2.52. The van der Waals surface area contributed by atoms with E-state index in [0.29, 0.717) is 35.7 Å². The molecule has 10 nitrogen and oxygen atoms in total. The highest BCUT2D eigenvalue weighted by molar-refractivity contribution is 6.30. The summed E-state index contributed by atoms with van der Waals surface area (Å²) in [4.78, 5) is 31.6. The molecule has 170 valence electrons. The molecule has 2 unspecified atom stereocenters. The number of rotatable bonds is 7. The van der Waals surface area contributed by atoms with E-state index in [1.807, 2.05) is 0 Å². The van der Waals surface area contributed by atoms with E-state index in [2.05, 4.69) is 15.4 Å². The number of hydrazone groups is 1. The van der Waals surface area contributed by atoms with E-state index in [9.17, 15) is 14.7 Å². The van der Waals surface area contributed by atoms with Crippen LogP contribution in [0.25, 0.3) is 0 Å².